The van der Waals surface area contributed by atoms with Crippen LogP contribution in [0.1, 0.15) is 11.1 Å². The molecule has 9 atom stereocenters. The summed E-state index contributed by atoms with van der Waals surface area (Å²) in [5.41, 5.74) is 0.994. The highest BCUT2D eigenvalue weighted by Crippen LogP contribution is 2.40. The Bertz CT molecular complexity index is 1490. The number of hydrogen-bond donors (Lipinski definition) is 7. The molecule has 0 saturated carbocycles. The molecule has 2 aliphatic heterocycles. The number of aliphatic hydroxyl groups is 6. The number of aromatic hydroxyl groups is 1. The van der Waals surface area contributed by atoms with Gasteiger partial charge in [0.05, 0.1) is 27.9 Å². The van der Waals surface area contributed by atoms with E-state index in [1.54, 1.807) is 24.3 Å². The van der Waals surface area contributed by atoms with Crippen LogP contribution in [0.2, 0.25) is 0 Å². The minimum absolute atomic E-state index is 0.0341. The predicted octanol–water partition coefficient (Wildman–Crippen LogP) is -1.14. The van der Waals surface area contributed by atoms with Gasteiger partial charge in [-0.25, -0.2) is 9.59 Å². The molecule has 0 aromatic heterocycles. The summed E-state index contributed by atoms with van der Waals surface area (Å²) in [6.45, 7) is -2.57. The van der Waals surface area contributed by atoms with Gasteiger partial charge in [0.25, 0.3) is 0 Å². The summed E-state index contributed by atoms with van der Waals surface area (Å²) in [4.78, 5) is 25.3. The zero-order valence-electron chi connectivity index (χ0n) is 27.2. The maximum atomic E-state index is 13.0. The third kappa shape index (κ3) is 8.70. The fraction of sp³-hybridized carbons (Fsp3) is 0.455. The Hall–Kier alpha value is -4.30. The second kappa shape index (κ2) is 17.1. The zero-order chi connectivity index (χ0) is 36.6. The van der Waals surface area contributed by atoms with Crippen molar-refractivity contribution in [2.75, 3.05) is 41.2 Å². The maximum Gasteiger partial charge on any atom is 0.331 e. The van der Waals surface area contributed by atoms with Crippen molar-refractivity contribution >= 4 is 24.1 Å². The van der Waals surface area contributed by atoms with Gasteiger partial charge in [-0.05, 0) is 47.5 Å². The van der Waals surface area contributed by atoms with Crippen molar-refractivity contribution in [2.24, 2.45) is 0 Å². The number of phenolic OH excluding ortho intramolecular Hbond substituents is 1. The minimum Gasteiger partial charge on any atom is -0.508 e. The van der Waals surface area contributed by atoms with Crippen molar-refractivity contribution in [3.63, 3.8) is 0 Å². The van der Waals surface area contributed by atoms with E-state index in [0.717, 1.165) is 12.2 Å². The Balaban J connectivity index is 1.48. The molecule has 2 saturated heterocycles. The predicted molar refractivity (Wildman–Crippen MR) is 169 cm³/mol. The third-order valence-electron chi connectivity index (χ3n) is 7.90. The van der Waals surface area contributed by atoms with Crippen LogP contribution < -0.4 is 14.2 Å². The summed E-state index contributed by atoms with van der Waals surface area (Å²) < 4.78 is 43.3. The SMILES string of the molecule is COc1cc(/C=C/C(=O)O[C@H]2[C@H](O)[C@@H](CO)O[C@@]2(CO)O[C@H]2O[C@H](COC(=O)/C=C/c3ccc(O)cc3)[C@@H](O)[C@H](O)[C@H]2O)cc(OC)c1OC. The molecule has 4 rings (SSSR count). The normalized spacial score (nSPS) is 29.6. The van der Waals surface area contributed by atoms with Gasteiger partial charge in [0.1, 0.15) is 55.6 Å². The molecule has 0 spiro atoms. The van der Waals surface area contributed by atoms with Gasteiger partial charge in [-0.1, -0.05) is 12.1 Å². The fourth-order valence-electron chi connectivity index (χ4n) is 5.25. The summed E-state index contributed by atoms with van der Waals surface area (Å²) in [5, 5.41) is 72.3. The quantitative estimate of drug-likeness (QED) is 0.0905. The lowest BCUT2D eigenvalue weighted by molar-refractivity contribution is -0.383. The van der Waals surface area contributed by atoms with Gasteiger partial charge in [0, 0.05) is 12.2 Å². The van der Waals surface area contributed by atoms with Gasteiger partial charge >= 0.3 is 11.9 Å². The van der Waals surface area contributed by atoms with E-state index >= 15 is 0 Å². The summed E-state index contributed by atoms with van der Waals surface area (Å²) in [6, 6.07) is 9.01. The molecule has 50 heavy (non-hydrogen) atoms. The van der Waals surface area contributed by atoms with E-state index in [4.69, 9.17) is 37.9 Å². The van der Waals surface area contributed by atoms with Crippen molar-refractivity contribution in [2.45, 2.75) is 54.8 Å². The highest BCUT2D eigenvalue weighted by molar-refractivity contribution is 5.88. The molecule has 2 fully saturated rings. The molecule has 274 valence electrons. The molecular weight excluding hydrogens is 668 g/mol. The van der Waals surface area contributed by atoms with Crippen molar-refractivity contribution in [1.82, 2.24) is 0 Å². The lowest BCUT2D eigenvalue weighted by Crippen LogP contribution is -2.63. The number of methoxy groups -OCH3 is 3. The standard InChI is InChI=1S/C33H40O17/c1-43-20-12-18(13-21(44-2)30(20)45-3)7-11-25(38)48-31-27(40)22(14-34)49-33(31,16-35)50-32-29(42)28(41)26(39)23(47-32)15-46-24(37)10-6-17-4-8-19(36)9-5-17/h4-13,22-23,26-29,31-32,34-36,39-42H,14-16H2,1-3H3/b10-6+,11-7+/t22-,23-,26-,27-,28+,29-,31+,32-,33+/m1/s1. The van der Waals surface area contributed by atoms with E-state index in [9.17, 15) is 45.3 Å². The molecule has 0 amide bonds. The first-order chi connectivity index (χ1) is 23.9. The van der Waals surface area contributed by atoms with E-state index in [-0.39, 0.29) is 5.75 Å². The number of hydrogen-bond acceptors (Lipinski definition) is 17. The van der Waals surface area contributed by atoms with Crippen LogP contribution in [0.15, 0.2) is 48.6 Å². The first kappa shape index (κ1) is 38.5. The van der Waals surface area contributed by atoms with Crippen molar-refractivity contribution in [3.05, 3.63) is 59.7 Å². The van der Waals surface area contributed by atoms with Gasteiger partial charge in [-0.3, -0.25) is 0 Å². The number of carbonyl (C=O) groups excluding carboxylic acids is 2. The fourth-order valence-corrected chi connectivity index (χ4v) is 5.25. The van der Waals surface area contributed by atoms with Gasteiger partial charge in [-0.15, -0.1) is 0 Å². The number of phenols is 1. The molecule has 0 unspecified atom stereocenters. The third-order valence-corrected chi connectivity index (χ3v) is 7.90. The van der Waals surface area contributed by atoms with Gasteiger partial charge in [0.15, 0.2) is 23.9 Å². The highest BCUT2D eigenvalue weighted by atomic mass is 16.8. The van der Waals surface area contributed by atoms with E-state index in [2.05, 4.69) is 0 Å². The summed E-state index contributed by atoms with van der Waals surface area (Å²) in [5.74, 6) is -3.44. The Morgan fingerprint density at radius 2 is 1.42 bits per heavy atom. The Morgan fingerprint density at radius 1 is 0.800 bits per heavy atom. The molecule has 2 heterocycles. The van der Waals surface area contributed by atoms with Crippen LogP contribution in [0.4, 0.5) is 0 Å². The molecule has 2 aromatic rings. The van der Waals surface area contributed by atoms with Crippen LogP contribution in [-0.2, 0) is 33.3 Å². The molecule has 2 aliphatic rings. The number of esters is 2. The zero-order valence-corrected chi connectivity index (χ0v) is 27.2. The smallest absolute Gasteiger partial charge is 0.331 e. The lowest BCUT2D eigenvalue weighted by Gasteiger charge is -2.43. The van der Waals surface area contributed by atoms with E-state index in [1.165, 1.54) is 45.6 Å². The molecule has 2 aromatic carbocycles. The topological polar surface area (TPSA) is 250 Å². The highest BCUT2D eigenvalue weighted by Gasteiger charge is 2.60. The van der Waals surface area contributed by atoms with Crippen molar-refractivity contribution in [3.8, 4) is 23.0 Å². The second-order valence-corrected chi connectivity index (χ2v) is 11.1. The van der Waals surface area contributed by atoms with E-state index < -0.39 is 86.6 Å². The van der Waals surface area contributed by atoms with Crippen molar-refractivity contribution < 1.29 is 83.2 Å². The van der Waals surface area contributed by atoms with Crippen LogP contribution >= 0.6 is 0 Å². The van der Waals surface area contributed by atoms with Crippen LogP contribution in [0.25, 0.3) is 12.2 Å². The molecule has 17 nitrogen and oxygen atoms in total. The summed E-state index contributed by atoms with van der Waals surface area (Å²) in [7, 11) is 4.24. The van der Waals surface area contributed by atoms with Crippen molar-refractivity contribution in [1.29, 1.82) is 0 Å². The van der Waals surface area contributed by atoms with Crippen LogP contribution in [0, 0.1) is 0 Å². The second-order valence-electron chi connectivity index (χ2n) is 11.1. The minimum atomic E-state index is -2.47. The van der Waals surface area contributed by atoms with Gasteiger partial charge in [0.2, 0.25) is 11.5 Å². The summed E-state index contributed by atoms with van der Waals surface area (Å²) in [6.07, 6.45) is -9.36. The van der Waals surface area contributed by atoms with Crippen LogP contribution in [0.5, 0.6) is 23.0 Å². The van der Waals surface area contributed by atoms with E-state index in [0.29, 0.717) is 28.4 Å². The first-order valence-corrected chi connectivity index (χ1v) is 15.2. The largest absolute Gasteiger partial charge is 0.508 e. The van der Waals surface area contributed by atoms with Crippen LogP contribution in [0.3, 0.4) is 0 Å². The molecule has 17 heteroatoms. The van der Waals surface area contributed by atoms with Crippen LogP contribution in [-0.4, -0.2) is 144 Å². The Kier molecular flexibility index (Phi) is 13.2. The molecule has 0 bridgehead atoms. The molecular formula is C33H40O17. The van der Waals surface area contributed by atoms with Gasteiger partial charge in [-0.2, -0.15) is 0 Å². The summed E-state index contributed by atoms with van der Waals surface area (Å²) >= 11 is 0. The number of aliphatic hydroxyl groups excluding tert-OH is 6. The Morgan fingerprint density at radius 3 is 2.00 bits per heavy atom. The average molecular weight is 709 g/mol. The van der Waals surface area contributed by atoms with E-state index in [1.807, 2.05) is 0 Å². The van der Waals surface area contributed by atoms with Gasteiger partial charge < -0.3 is 73.6 Å². The average Bonchev–Trinajstić information content (AvgIpc) is 3.39. The molecule has 0 radical (unpaired) electrons. The monoisotopic (exact) mass is 708 g/mol. The first-order valence-electron chi connectivity index (χ1n) is 15.2. The molecule has 7 N–H and O–H groups in total. The maximum absolute atomic E-state index is 13.0. The number of benzene rings is 2. The number of ether oxygens (including phenoxy) is 8. The number of carbonyl (C=O) groups is 2. The lowest BCUT2D eigenvalue weighted by atomic mass is 9.99. The Labute approximate surface area is 286 Å². The molecule has 0 aliphatic carbocycles. The number of rotatable bonds is 14.